The van der Waals surface area contributed by atoms with Gasteiger partial charge in [-0.3, -0.25) is 14.9 Å². The van der Waals surface area contributed by atoms with Crippen molar-refractivity contribution >= 4 is 22.7 Å². The van der Waals surface area contributed by atoms with Crippen molar-refractivity contribution in [1.82, 2.24) is 0 Å². The van der Waals surface area contributed by atoms with Gasteiger partial charge in [0, 0.05) is 12.0 Å². The van der Waals surface area contributed by atoms with Gasteiger partial charge in [-0.05, 0) is 25.0 Å². The van der Waals surface area contributed by atoms with Crippen molar-refractivity contribution in [3.8, 4) is 0 Å². The lowest BCUT2D eigenvalue weighted by Crippen LogP contribution is -2.20. The number of Topliss-reactive ketones (excluding diaryl/α,β-unsaturated/α-hetero) is 1. The van der Waals surface area contributed by atoms with Crippen molar-refractivity contribution in [3.05, 3.63) is 40.5 Å². The molecule has 1 atom stereocenters. The number of carbonyl (C=O) groups is 1. The molecule has 0 amide bonds. The summed E-state index contributed by atoms with van der Waals surface area (Å²) < 4.78 is 0. The molecule has 1 unspecified atom stereocenters. The highest BCUT2D eigenvalue weighted by molar-refractivity contribution is 5.85. The number of anilines is 1. The van der Waals surface area contributed by atoms with Crippen LogP contribution in [0.15, 0.2) is 24.8 Å². The zero-order valence-corrected chi connectivity index (χ0v) is 14.1. The lowest BCUT2D eigenvalue weighted by atomic mass is 10.0. The predicted octanol–water partition coefficient (Wildman–Crippen LogP) is 4.68. The number of hydrogen-bond acceptors (Lipinski definition) is 4. The molecule has 1 aromatic carbocycles. The second-order valence-corrected chi connectivity index (χ2v) is 4.90. The van der Waals surface area contributed by atoms with Crippen LogP contribution in [0.3, 0.4) is 0 Å². The van der Waals surface area contributed by atoms with E-state index in [-0.39, 0.29) is 23.9 Å². The molecule has 0 aliphatic rings. The standard InChI is InChI=1S/C15H20N2O3.C2H6/c1-5-11(4)15(18)9-16-13-7-6-12(10(2)3)8-14(13)17(19)20;1-2/h6-8,11,16H,2,5,9H2,1,3-4H3;1-2H3. The number of allylic oxidation sites excluding steroid dienone is 1. The van der Waals surface area contributed by atoms with Crippen LogP contribution in [-0.4, -0.2) is 17.3 Å². The van der Waals surface area contributed by atoms with Crippen LogP contribution in [0, 0.1) is 16.0 Å². The third kappa shape index (κ3) is 5.68. The average molecular weight is 306 g/mol. The summed E-state index contributed by atoms with van der Waals surface area (Å²) in [4.78, 5) is 22.4. The summed E-state index contributed by atoms with van der Waals surface area (Å²) in [6.45, 7) is 13.4. The summed E-state index contributed by atoms with van der Waals surface area (Å²) >= 11 is 0. The summed E-state index contributed by atoms with van der Waals surface area (Å²) in [6.07, 6.45) is 0.761. The molecular weight excluding hydrogens is 280 g/mol. The minimum absolute atomic E-state index is 0.0394. The number of rotatable bonds is 7. The van der Waals surface area contributed by atoms with Crippen molar-refractivity contribution in [2.45, 2.75) is 41.0 Å². The Kier molecular flexibility index (Phi) is 8.75. The Labute approximate surface area is 132 Å². The maximum absolute atomic E-state index is 11.8. The Morgan fingerprint density at radius 1 is 1.41 bits per heavy atom. The van der Waals surface area contributed by atoms with Gasteiger partial charge in [0.15, 0.2) is 5.78 Å². The number of carbonyl (C=O) groups excluding carboxylic acids is 1. The Morgan fingerprint density at radius 2 is 2.00 bits per heavy atom. The number of nitro benzene ring substituents is 1. The topological polar surface area (TPSA) is 72.2 Å². The minimum atomic E-state index is -0.456. The summed E-state index contributed by atoms with van der Waals surface area (Å²) in [5.41, 5.74) is 1.80. The van der Waals surface area contributed by atoms with E-state index < -0.39 is 4.92 Å². The van der Waals surface area contributed by atoms with Crippen molar-refractivity contribution in [3.63, 3.8) is 0 Å². The number of ketones is 1. The molecule has 0 bridgehead atoms. The molecule has 22 heavy (non-hydrogen) atoms. The molecule has 1 N–H and O–H groups in total. The highest BCUT2D eigenvalue weighted by atomic mass is 16.6. The van der Waals surface area contributed by atoms with Gasteiger partial charge in [0.05, 0.1) is 11.5 Å². The fourth-order valence-corrected chi connectivity index (χ4v) is 1.68. The molecule has 1 aromatic rings. The van der Waals surface area contributed by atoms with Gasteiger partial charge in [0.25, 0.3) is 5.69 Å². The maximum Gasteiger partial charge on any atom is 0.292 e. The zero-order valence-electron chi connectivity index (χ0n) is 14.1. The SMILES string of the molecule is C=C(C)c1ccc(NCC(=O)C(C)CC)c([N+](=O)[O-])c1.CC. The molecule has 5 heteroatoms. The van der Waals surface area contributed by atoms with Gasteiger partial charge in [0.2, 0.25) is 0 Å². The van der Waals surface area contributed by atoms with Gasteiger partial charge < -0.3 is 5.32 Å². The molecule has 0 radical (unpaired) electrons. The predicted molar refractivity (Wildman–Crippen MR) is 92.1 cm³/mol. The highest BCUT2D eigenvalue weighted by Gasteiger charge is 2.17. The first-order chi connectivity index (χ1) is 10.4. The first-order valence-corrected chi connectivity index (χ1v) is 7.57. The van der Waals surface area contributed by atoms with E-state index in [1.807, 2.05) is 27.7 Å². The monoisotopic (exact) mass is 306 g/mol. The summed E-state index contributed by atoms with van der Waals surface area (Å²) in [5, 5.41) is 13.9. The number of nitrogens with zero attached hydrogens (tertiary/aromatic N) is 1. The first-order valence-electron chi connectivity index (χ1n) is 7.57. The van der Waals surface area contributed by atoms with E-state index in [2.05, 4.69) is 11.9 Å². The molecule has 5 nitrogen and oxygen atoms in total. The zero-order chi connectivity index (χ0) is 17.3. The third-order valence-corrected chi connectivity index (χ3v) is 3.30. The van der Waals surface area contributed by atoms with Crippen LogP contribution in [0.2, 0.25) is 0 Å². The Hall–Kier alpha value is -2.17. The van der Waals surface area contributed by atoms with Gasteiger partial charge in [-0.25, -0.2) is 0 Å². The molecule has 1 rings (SSSR count). The fourth-order valence-electron chi connectivity index (χ4n) is 1.68. The smallest absolute Gasteiger partial charge is 0.292 e. The van der Waals surface area contributed by atoms with Crippen LogP contribution in [0.1, 0.15) is 46.6 Å². The molecule has 0 saturated heterocycles. The van der Waals surface area contributed by atoms with E-state index in [0.717, 1.165) is 17.6 Å². The van der Waals surface area contributed by atoms with E-state index in [1.165, 1.54) is 6.07 Å². The molecule has 122 valence electrons. The Bertz CT molecular complexity index is 539. The van der Waals surface area contributed by atoms with Crippen LogP contribution in [0.4, 0.5) is 11.4 Å². The second-order valence-electron chi connectivity index (χ2n) is 4.90. The van der Waals surface area contributed by atoms with Crippen LogP contribution < -0.4 is 5.32 Å². The summed E-state index contributed by atoms with van der Waals surface area (Å²) in [6, 6.07) is 4.84. The molecule has 0 fully saturated rings. The lowest BCUT2D eigenvalue weighted by Gasteiger charge is -2.11. The van der Waals surface area contributed by atoms with E-state index in [9.17, 15) is 14.9 Å². The van der Waals surface area contributed by atoms with Crippen molar-refractivity contribution in [1.29, 1.82) is 0 Å². The molecule has 0 aliphatic carbocycles. The first kappa shape index (κ1) is 19.8. The van der Waals surface area contributed by atoms with Gasteiger partial charge in [0.1, 0.15) is 5.69 Å². The van der Waals surface area contributed by atoms with Crippen molar-refractivity contribution in [2.75, 3.05) is 11.9 Å². The molecule has 0 spiro atoms. The Balaban J connectivity index is 0.00000211. The van der Waals surface area contributed by atoms with Gasteiger partial charge in [-0.2, -0.15) is 0 Å². The van der Waals surface area contributed by atoms with Crippen molar-refractivity contribution in [2.24, 2.45) is 5.92 Å². The van der Waals surface area contributed by atoms with E-state index >= 15 is 0 Å². The molecule has 0 saturated carbocycles. The molecule has 0 heterocycles. The van der Waals surface area contributed by atoms with Crippen LogP contribution in [0.5, 0.6) is 0 Å². The number of nitrogens with one attached hydrogen (secondary N) is 1. The van der Waals surface area contributed by atoms with Gasteiger partial charge in [-0.15, -0.1) is 0 Å². The third-order valence-electron chi connectivity index (χ3n) is 3.30. The number of nitro groups is 1. The van der Waals surface area contributed by atoms with E-state index in [4.69, 9.17) is 0 Å². The Morgan fingerprint density at radius 3 is 2.45 bits per heavy atom. The van der Waals surface area contributed by atoms with Crippen LogP contribution in [0.25, 0.3) is 5.57 Å². The number of hydrogen-bond donors (Lipinski definition) is 1. The number of benzene rings is 1. The second kappa shape index (κ2) is 9.71. The minimum Gasteiger partial charge on any atom is -0.372 e. The van der Waals surface area contributed by atoms with Crippen LogP contribution in [-0.2, 0) is 4.79 Å². The molecular formula is C17H26N2O3. The fraction of sp³-hybridized carbons (Fsp3) is 0.471. The van der Waals surface area contributed by atoms with Crippen molar-refractivity contribution < 1.29 is 9.72 Å². The van der Waals surface area contributed by atoms with Gasteiger partial charge >= 0.3 is 0 Å². The summed E-state index contributed by atoms with van der Waals surface area (Å²) in [7, 11) is 0. The average Bonchev–Trinajstić information content (AvgIpc) is 2.53. The highest BCUT2D eigenvalue weighted by Crippen LogP contribution is 2.28. The largest absolute Gasteiger partial charge is 0.372 e. The maximum atomic E-state index is 11.8. The lowest BCUT2D eigenvalue weighted by molar-refractivity contribution is -0.384. The quantitative estimate of drug-likeness (QED) is 0.586. The normalized spacial score (nSPS) is 11.0. The summed E-state index contributed by atoms with van der Waals surface area (Å²) in [5.74, 6) is 0.00187. The van der Waals surface area contributed by atoms with Gasteiger partial charge in [-0.1, -0.05) is 45.9 Å². The van der Waals surface area contributed by atoms with E-state index in [1.54, 1.807) is 19.1 Å². The van der Waals surface area contributed by atoms with E-state index in [0.29, 0.717) is 5.69 Å². The van der Waals surface area contributed by atoms with Crippen LogP contribution >= 0.6 is 0 Å². The molecule has 0 aliphatic heterocycles. The molecule has 0 aromatic heterocycles.